The lowest BCUT2D eigenvalue weighted by atomic mass is 10.1. The molecule has 4 rings (SSSR count). The maximum atomic E-state index is 13.1. The molecule has 1 N–H and O–H groups in total. The van der Waals surface area contributed by atoms with Crippen molar-refractivity contribution in [2.45, 2.75) is 0 Å². The molecule has 0 aliphatic carbocycles. The van der Waals surface area contributed by atoms with Crippen LogP contribution in [-0.4, -0.2) is 10.8 Å². The van der Waals surface area contributed by atoms with Gasteiger partial charge >= 0.3 is 0 Å². The van der Waals surface area contributed by atoms with Crippen LogP contribution in [0.25, 0.3) is 11.3 Å². The van der Waals surface area contributed by atoms with Gasteiger partial charge in [0, 0.05) is 16.8 Å². The van der Waals surface area contributed by atoms with Crippen LogP contribution in [0.4, 0.5) is 15.2 Å². The second-order valence-corrected chi connectivity index (χ2v) is 6.89. The Bertz CT molecular complexity index is 1060. The second kappa shape index (κ2) is 7.51. The Morgan fingerprint density at radius 3 is 2.15 bits per heavy atom. The minimum absolute atomic E-state index is 0.0703. The van der Waals surface area contributed by atoms with Crippen LogP contribution >= 0.6 is 11.3 Å². The van der Waals surface area contributed by atoms with E-state index >= 15 is 0 Å². The van der Waals surface area contributed by atoms with Crippen LogP contribution in [0.3, 0.4) is 0 Å². The first kappa shape index (κ1) is 17.1. The molecule has 0 aliphatic heterocycles. The lowest BCUT2D eigenvalue weighted by Gasteiger charge is -2.02. The number of thiazole rings is 1. The largest absolute Gasteiger partial charge is 0.332 e. The van der Waals surface area contributed by atoms with E-state index < -0.39 is 0 Å². The van der Waals surface area contributed by atoms with Crippen LogP contribution in [0.15, 0.2) is 84.9 Å². The highest BCUT2D eigenvalue weighted by atomic mass is 32.1. The van der Waals surface area contributed by atoms with E-state index in [9.17, 15) is 9.18 Å². The number of ketones is 1. The fourth-order valence-electron chi connectivity index (χ4n) is 2.70. The zero-order chi connectivity index (χ0) is 18.6. The Morgan fingerprint density at radius 1 is 0.852 bits per heavy atom. The highest BCUT2D eigenvalue weighted by Gasteiger charge is 2.20. The van der Waals surface area contributed by atoms with E-state index in [2.05, 4.69) is 10.3 Å². The minimum Gasteiger partial charge on any atom is -0.332 e. The van der Waals surface area contributed by atoms with Gasteiger partial charge in [-0.3, -0.25) is 4.79 Å². The van der Waals surface area contributed by atoms with Crippen LogP contribution in [0, 0.1) is 5.82 Å². The average molecular weight is 374 g/mol. The summed E-state index contributed by atoms with van der Waals surface area (Å²) in [6, 6.07) is 24.8. The zero-order valence-electron chi connectivity index (χ0n) is 14.2. The first-order chi connectivity index (χ1) is 13.2. The third kappa shape index (κ3) is 3.78. The lowest BCUT2D eigenvalue weighted by molar-refractivity contribution is 0.104. The van der Waals surface area contributed by atoms with Crippen LogP contribution in [0.5, 0.6) is 0 Å². The van der Waals surface area contributed by atoms with Gasteiger partial charge in [0.15, 0.2) is 5.13 Å². The molecule has 1 aromatic heterocycles. The Balaban J connectivity index is 1.75. The van der Waals surface area contributed by atoms with Crippen molar-refractivity contribution in [3.8, 4) is 11.3 Å². The first-order valence-electron chi connectivity index (χ1n) is 8.39. The van der Waals surface area contributed by atoms with Crippen LogP contribution in [0.2, 0.25) is 0 Å². The van der Waals surface area contributed by atoms with Gasteiger partial charge in [0.05, 0.1) is 5.69 Å². The minimum atomic E-state index is -0.301. The second-order valence-electron chi connectivity index (χ2n) is 5.89. The zero-order valence-corrected chi connectivity index (χ0v) is 15.0. The van der Waals surface area contributed by atoms with E-state index in [1.807, 2.05) is 48.5 Å². The SMILES string of the molecule is O=C(c1ccccc1)c1sc(Nc2ccc(F)cc2)nc1-c1ccccc1. The van der Waals surface area contributed by atoms with Crippen LogP contribution in [0.1, 0.15) is 15.2 Å². The average Bonchev–Trinajstić information content (AvgIpc) is 3.14. The molecule has 0 radical (unpaired) electrons. The van der Waals surface area contributed by atoms with Crippen molar-refractivity contribution < 1.29 is 9.18 Å². The molecule has 0 fully saturated rings. The summed E-state index contributed by atoms with van der Waals surface area (Å²) in [5.74, 6) is -0.372. The smallest absolute Gasteiger partial charge is 0.205 e. The van der Waals surface area contributed by atoms with E-state index in [1.165, 1.54) is 23.5 Å². The third-order valence-electron chi connectivity index (χ3n) is 4.01. The number of carbonyl (C=O) groups is 1. The summed E-state index contributed by atoms with van der Waals surface area (Å²) in [5, 5.41) is 3.74. The summed E-state index contributed by atoms with van der Waals surface area (Å²) in [6.07, 6.45) is 0. The third-order valence-corrected chi connectivity index (χ3v) is 4.98. The summed E-state index contributed by atoms with van der Waals surface area (Å²) in [6.45, 7) is 0. The molecule has 132 valence electrons. The molecule has 0 unspecified atom stereocenters. The van der Waals surface area contributed by atoms with Crippen molar-refractivity contribution in [1.82, 2.24) is 4.98 Å². The summed E-state index contributed by atoms with van der Waals surface area (Å²) in [5.41, 5.74) is 2.84. The number of benzene rings is 3. The Kier molecular flexibility index (Phi) is 4.77. The van der Waals surface area contributed by atoms with Gasteiger partial charge in [0.25, 0.3) is 0 Å². The van der Waals surface area contributed by atoms with Gasteiger partial charge in [-0.15, -0.1) is 0 Å². The fourth-order valence-corrected chi connectivity index (χ4v) is 3.67. The molecule has 0 bridgehead atoms. The normalized spacial score (nSPS) is 10.6. The Morgan fingerprint density at radius 2 is 1.48 bits per heavy atom. The van der Waals surface area contributed by atoms with Crippen LogP contribution in [-0.2, 0) is 0 Å². The quantitative estimate of drug-likeness (QED) is 0.441. The molecule has 0 atom stereocenters. The lowest BCUT2D eigenvalue weighted by Crippen LogP contribution is -2.00. The Hall–Kier alpha value is -3.31. The number of rotatable bonds is 5. The van der Waals surface area contributed by atoms with Crippen molar-refractivity contribution in [3.05, 3.63) is 101 Å². The molecular formula is C22H15FN2OS. The molecule has 0 saturated carbocycles. The molecule has 0 saturated heterocycles. The van der Waals surface area contributed by atoms with E-state index in [4.69, 9.17) is 0 Å². The number of nitrogens with one attached hydrogen (secondary N) is 1. The molecule has 3 nitrogen and oxygen atoms in total. The number of aromatic nitrogens is 1. The van der Waals surface area contributed by atoms with Crippen molar-refractivity contribution in [2.75, 3.05) is 5.32 Å². The first-order valence-corrected chi connectivity index (χ1v) is 9.21. The van der Waals surface area contributed by atoms with Gasteiger partial charge in [0.1, 0.15) is 10.7 Å². The van der Waals surface area contributed by atoms with Gasteiger partial charge in [-0.05, 0) is 24.3 Å². The number of nitrogens with zero attached hydrogens (tertiary/aromatic N) is 1. The van der Waals surface area contributed by atoms with Crippen LogP contribution < -0.4 is 5.32 Å². The molecule has 0 spiro atoms. The van der Waals surface area contributed by atoms with E-state index in [-0.39, 0.29) is 11.6 Å². The molecule has 4 aromatic rings. The maximum Gasteiger partial charge on any atom is 0.205 e. The van der Waals surface area contributed by atoms with E-state index in [0.29, 0.717) is 27.0 Å². The Labute approximate surface area is 160 Å². The number of anilines is 2. The fraction of sp³-hybridized carbons (Fsp3) is 0. The molecule has 0 amide bonds. The van der Waals surface area contributed by atoms with Gasteiger partial charge in [0.2, 0.25) is 5.78 Å². The van der Waals surface area contributed by atoms with E-state index in [0.717, 1.165) is 5.56 Å². The number of hydrogen-bond acceptors (Lipinski definition) is 4. The highest BCUT2D eigenvalue weighted by Crippen LogP contribution is 2.34. The number of carbonyl (C=O) groups excluding carboxylic acids is 1. The summed E-state index contributed by atoms with van der Waals surface area (Å²) < 4.78 is 13.1. The maximum absolute atomic E-state index is 13.1. The van der Waals surface area contributed by atoms with Crippen molar-refractivity contribution in [2.24, 2.45) is 0 Å². The van der Waals surface area contributed by atoms with E-state index in [1.54, 1.807) is 24.3 Å². The molecule has 1 heterocycles. The summed E-state index contributed by atoms with van der Waals surface area (Å²) >= 11 is 1.29. The van der Waals surface area contributed by atoms with Crippen molar-refractivity contribution in [3.63, 3.8) is 0 Å². The number of hydrogen-bond donors (Lipinski definition) is 1. The molecule has 3 aromatic carbocycles. The molecule has 5 heteroatoms. The predicted octanol–water partition coefficient (Wildman–Crippen LogP) is 5.92. The van der Waals surface area contributed by atoms with Gasteiger partial charge in [-0.2, -0.15) is 0 Å². The predicted molar refractivity (Wildman–Crippen MR) is 107 cm³/mol. The molecule has 0 aliphatic rings. The van der Waals surface area contributed by atoms with Gasteiger partial charge in [-0.25, -0.2) is 9.37 Å². The van der Waals surface area contributed by atoms with Crippen molar-refractivity contribution >= 4 is 27.9 Å². The van der Waals surface area contributed by atoms with Crippen molar-refractivity contribution in [1.29, 1.82) is 0 Å². The number of halogens is 1. The van der Waals surface area contributed by atoms with Gasteiger partial charge < -0.3 is 5.32 Å². The molecule has 27 heavy (non-hydrogen) atoms. The summed E-state index contributed by atoms with van der Waals surface area (Å²) in [7, 11) is 0. The molecular weight excluding hydrogens is 359 g/mol. The monoisotopic (exact) mass is 374 g/mol. The summed E-state index contributed by atoms with van der Waals surface area (Å²) in [4.78, 5) is 18.2. The standard InChI is InChI=1S/C22H15FN2OS/c23-17-11-13-18(14-12-17)24-22-25-19(15-7-3-1-4-8-15)21(27-22)20(26)16-9-5-2-6-10-16/h1-14H,(H,24,25). The van der Waals surface area contributed by atoms with Gasteiger partial charge in [-0.1, -0.05) is 72.0 Å². The highest BCUT2D eigenvalue weighted by molar-refractivity contribution is 7.18. The topological polar surface area (TPSA) is 42.0 Å².